The Bertz CT molecular complexity index is 365. The molecule has 5 nitrogen and oxygen atoms in total. The van der Waals surface area contributed by atoms with Gasteiger partial charge in [0.2, 0.25) is 0 Å². The largest absolute Gasteiger partial charge is 0.481 e. The molecule has 19 heavy (non-hydrogen) atoms. The average Bonchev–Trinajstić information content (AvgIpc) is 2.70. The number of urea groups is 1. The van der Waals surface area contributed by atoms with Crippen molar-refractivity contribution in [3.05, 3.63) is 0 Å². The zero-order valence-electron chi connectivity index (χ0n) is 11.5. The molecule has 1 aliphatic carbocycles. The molecule has 6 heteroatoms. The van der Waals surface area contributed by atoms with Gasteiger partial charge in [0.25, 0.3) is 0 Å². The Morgan fingerprint density at radius 3 is 2.58 bits per heavy atom. The molecule has 0 spiro atoms. The minimum Gasteiger partial charge on any atom is -0.481 e. The highest BCUT2D eigenvalue weighted by atomic mass is 32.2. The number of carbonyl (C=O) groups is 2. The van der Waals surface area contributed by atoms with Crippen LogP contribution >= 0.6 is 11.8 Å². The minimum atomic E-state index is -0.803. The van der Waals surface area contributed by atoms with E-state index in [9.17, 15) is 9.59 Å². The van der Waals surface area contributed by atoms with Crippen molar-refractivity contribution in [1.82, 2.24) is 10.2 Å². The van der Waals surface area contributed by atoms with E-state index in [0.717, 1.165) is 12.8 Å². The van der Waals surface area contributed by atoms with Crippen molar-refractivity contribution in [3.8, 4) is 0 Å². The van der Waals surface area contributed by atoms with Crippen LogP contribution in [0.3, 0.4) is 0 Å². The van der Waals surface area contributed by atoms with Crippen molar-refractivity contribution in [2.24, 2.45) is 5.92 Å². The zero-order valence-corrected chi connectivity index (χ0v) is 12.3. The molecule has 0 aromatic heterocycles. The number of thioether (sulfide) groups is 1. The lowest BCUT2D eigenvalue weighted by Gasteiger charge is -2.41. The molecule has 0 bridgehead atoms. The number of hydrogen-bond acceptors (Lipinski definition) is 3. The second kappa shape index (κ2) is 5.61. The van der Waals surface area contributed by atoms with Crippen molar-refractivity contribution in [2.45, 2.75) is 43.4 Å². The van der Waals surface area contributed by atoms with Crippen LogP contribution in [-0.2, 0) is 4.79 Å². The molecule has 1 saturated carbocycles. The fourth-order valence-electron chi connectivity index (χ4n) is 2.92. The van der Waals surface area contributed by atoms with Crippen molar-refractivity contribution < 1.29 is 14.7 Å². The molecule has 2 unspecified atom stereocenters. The number of hydrogen-bond donors (Lipinski definition) is 2. The summed E-state index contributed by atoms with van der Waals surface area (Å²) in [6.45, 7) is 3.04. The number of nitrogens with one attached hydrogen (secondary N) is 1. The van der Waals surface area contributed by atoms with Crippen LogP contribution in [0.2, 0.25) is 0 Å². The summed E-state index contributed by atoms with van der Waals surface area (Å²) >= 11 is 1.82. The van der Waals surface area contributed by atoms with Crippen LogP contribution in [-0.4, -0.2) is 52.1 Å². The predicted molar refractivity (Wildman–Crippen MR) is 75.4 cm³/mol. The fourth-order valence-corrected chi connectivity index (χ4v) is 3.83. The molecule has 0 aromatic carbocycles. The van der Waals surface area contributed by atoms with E-state index in [1.807, 2.05) is 18.7 Å². The average molecular weight is 286 g/mol. The summed E-state index contributed by atoms with van der Waals surface area (Å²) < 4.78 is 0.213. The van der Waals surface area contributed by atoms with Gasteiger partial charge in [0, 0.05) is 23.9 Å². The van der Waals surface area contributed by atoms with Crippen LogP contribution in [0.1, 0.15) is 32.6 Å². The Morgan fingerprint density at radius 1 is 1.47 bits per heavy atom. The first-order chi connectivity index (χ1) is 8.99. The maximum Gasteiger partial charge on any atom is 0.317 e. The highest BCUT2D eigenvalue weighted by Gasteiger charge is 2.40. The number of nitrogens with zero attached hydrogens (tertiary/aromatic N) is 1. The number of carboxylic acids is 1. The van der Waals surface area contributed by atoms with Crippen LogP contribution in [0.15, 0.2) is 0 Å². The van der Waals surface area contributed by atoms with Crippen molar-refractivity contribution >= 4 is 23.8 Å². The molecule has 0 radical (unpaired) electrons. The number of likely N-dealkylation sites (tertiary alicyclic amines) is 1. The maximum atomic E-state index is 12.1. The Kier molecular flexibility index (Phi) is 4.28. The van der Waals surface area contributed by atoms with E-state index in [2.05, 4.69) is 11.6 Å². The monoisotopic (exact) mass is 286 g/mol. The second-order valence-electron chi connectivity index (χ2n) is 5.57. The summed E-state index contributed by atoms with van der Waals surface area (Å²) in [6, 6.07) is -0.333. The molecule has 2 atom stereocenters. The van der Waals surface area contributed by atoms with Crippen LogP contribution in [0.5, 0.6) is 0 Å². The Morgan fingerprint density at radius 2 is 2.16 bits per heavy atom. The number of carbonyl (C=O) groups excluding carboxylic acids is 1. The highest BCUT2D eigenvalue weighted by Crippen LogP contribution is 2.42. The van der Waals surface area contributed by atoms with E-state index in [-0.39, 0.29) is 16.8 Å². The van der Waals surface area contributed by atoms with Gasteiger partial charge >= 0.3 is 12.0 Å². The molecule has 2 fully saturated rings. The van der Waals surface area contributed by atoms with E-state index in [1.54, 1.807) is 4.90 Å². The predicted octanol–water partition coefficient (Wildman–Crippen LogP) is 1.78. The third kappa shape index (κ3) is 2.83. The summed E-state index contributed by atoms with van der Waals surface area (Å²) in [7, 11) is 0. The van der Waals surface area contributed by atoms with Gasteiger partial charge in [0.1, 0.15) is 0 Å². The third-order valence-electron chi connectivity index (χ3n) is 4.59. The van der Waals surface area contributed by atoms with Gasteiger partial charge < -0.3 is 15.3 Å². The van der Waals surface area contributed by atoms with Crippen LogP contribution in [0.4, 0.5) is 4.79 Å². The normalized spacial score (nSPS) is 28.8. The molecule has 108 valence electrons. The Hall–Kier alpha value is -0.910. The summed E-state index contributed by atoms with van der Waals surface area (Å²) in [5.74, 6) is -1.23. The topological polar surface area (TPSA) is 69.6 Å². The van der Waals surface area contributed by atoms with Crippen LogP contribution in [0.25, 0.3) is 0 Å². The van der Waals surface area contributed by atoms with Crippen molar-refractivity contribution in [1.29, 1.82) is 0 Å². The van der Waals surface area contributed by atoms with E-state index in [1.165, 1.54) is 6.42 Å². The minimum absolute atomic E-state index is 0.114. The number of rotatable bonds is 4. The summed E-state index contributed by atoms with van der Waals surface area (Å²) in [4.78, 5) is 24.8. The first kappa shape index (κ1) is 14.5. The molecule has 0 aromatic rings. The molecular formula is C13H22N2O3S. The molecule has 1 heterocycles. The lowest BCUT2D eigenvalue weighted by Crippen LogP contribution is -2.50. The first-order valence-electron chi connectivity index (χ1n) is 6.81. The van der Waals surface area contributed by atoms with Crippen molar-refractivity contribution in [2.75, 3.05) is 19.3 Å². The Balaban J connectivity index is 1.85. The Labute approximate surface area is 118 Å². The molecule has 1 saturated heterocycles. The van der Waals surface area contributed by atoms with Gasteiger partial charge in [0.15, 0.2) is 0 Å². The standard InChI is InChI=1S/C13H22N2O3S/c1-9-10(11(16)17)4-7-15(9)12(18)14-8-13(19-2)5-3-6-13/h9-10H,3-8H2,1-2H3,(H,14,18)(H,16,17). The van der Waals surface area contributed by atoms with Gasteiger partial charge in [-0.1, -0.05) is 6.42 Å². The lowest BCUT2D eigenvalue weighted by atomic mass is 9.84. The maximum absolute atomic E-state index is 12.1. The van der Waals surface area contributed by atoms with Gasteiger partial charge in [-0.25, -0.2) is 4.79 Å². The van der Waals surface area contributed by atoms with Gasteiger partial charge in [0.05, 0.1) is 5.92 Å². The molecule has 1 aliphatic heterocycles. The van der Waals surface area contributed by atoms with E-state index < -0.39 is 11.9 Å². The molecule has 2 aliphatic rings. The first-order valence-corrected chi connectivity index (χ1v) is 8.04. The molecular weight excluding hydrogens is 264 g/mol. The highest BCUT2D eigenvalue weighted by molar-refractivity contribution is 8.00. The van der Waals surface area contributed by atoms with Gasteiger partial charge in [-0.05, 0) is 32.4 Å². The van der Waals surface area contributed by atoms with E-state index in [0.29, 0.717) is 19.5 Å². The third-order valence-corrected chi connectivity index (χ3v) is 6.01. The summed E-state index contributed by atoms with van der Waals surface area (Å²) in [5, 5.41) is 12.0. The zero-order chi connectivity index (χ0) is 14.0. The van der Waals surface area contributed by atoms with E-state index in [4.69, 9.17) is 5.11 Å². The number of carboxylic acid groups (broad SMARTS) is 1. The van der Waals surface area contributed by atoms with Gasteiger partial charge in [-0.15, -0.1) is 0 Å². The quantitative estimate of drug-likeness (QED) is 0.826. The lowest BCUT2D eigenvalue weighted by molar-refractivity contribution is -0.142. The fraction of sp³-hybridized carbons (Fsp3) is 0.846. The smallest absolute Gasteiger partial charge is 0.317 e. The molecule has 2 N–H and O–H groups in total. The second-order valence-corrected chi connectivity index (χ2v) is 6.84. The van der Waals surface area contributed by atoms with Gasteiger partial charge in [-0.2, -0.15) is 11.8 Å². The molecule has 2 amide bonds. The van der Waals surface area contributed by atoms with E-state index >= 15 is 0 Å². The number of amides is 2. The van der Waals surface area contributed by atoms with Crippen molar-refractivity contribution in [3.63, 3.8) is 0 Å². The summed E-state index contributed by atoms with van der Waals surface area (Å²) in [6.07, 6.45) is 6.18. The molecule has 2 rings (SSSR count). The summed E-state index contributed by atoms with van der Waals surface area (Å²) in [5.41, 5.74) is 0. The van der Waals surface area contributed by atoms with Crippen LogP contribution in [0, 0.1) is 5.92 Å². The van der Waals surface area contributed by atoms with Crippen LogP contribution < -0.4 is 5.32 Å². The SMILES string of the molecule is CSC1(CNC(=O)N2CCC(C(=O)O)C2C)CCC1. The van der Waals surface area contributed by atoms with Gasteiger partial charge in [-0.3, -0.25) is 4.79 Å². The number of aliphatic carboxylic acids is 1.